The smallest absolute Gasteiger partial charge is 0.312 e. The van der Waals surface area contributed by atoms with Crippen LogP contribution in [-0.2, 0) is 14.4 Å². The second kappa shape index (κ2) is 2.66. The molecule has 1 rings (SSSR count). The van der Waals surface area contributed by atoms with Gasteiger partial charge in [0.05, 0.1) is 5.92 Å². The number of nitrogens with two attached hydrogens (primary N) is 1. The number of hydroxylamine groups is 2. The van der Waals surface area contributed by atoms with Gasteiger partial charge in [-0.1, -0.05) is 0 Å². The lowest BCUT2D eigenvalue weighted by atomic mass is 10.0. The van der Waals surface area contributed by atoms with Gasteiger partial charge < -0.3 is 10.6 Å². The minimum atomic E-state index is -0.342. The average Bonchev–Trinajstić information content (AvgIpc) is 1.76. The van der Waals surface area contributed by atoms with Gasteiger partial charge in [-0.25, -0.2) is 0 Å². The quantitative estimate of drug-likeness (QED) is 0.489. The van der Waals surface area contributed by atoms with Crippen molar-refractivity contribution in [1.29, 1.82) is 0 Å². The molecule has 0 radical (unpaired) electrons. The summed E-state index contributed by atoms with van der Waals surface area (Å²) < 4.78 is 0. The van der Waals surface area contributed by atoms with Crippen LogP contribution in [0.15, 0.2) is 0 Å². The number of nitrogens with zero attached hydrogens (tertiary/aromatic N) is 1. The summed E-state index contributed by atoms with van der Waals surface area (Å²) >= 11 is 0. The molecule has 0 spiro atoms. The maximum atomic E-state index is 10.4. The number of amides is 1. The number of carbonyl (C=O) groups excluding carboxylic acids is 2. The van der Waals surface area contributed by atoms with Crippen molar-refractivity contribution in [2.45, 2.75) is 0 Å². The van der Waals surface area contributed by atoms with Crippen LogP contribution in [-0.4, -0.2) is 30.5 Å². The number of hydrogen-bond donors (Lipinski definition) is 1. The van der Waals surface area contributed by atoms with Gasteiger partial charge in [-0.15, -0.1) is 5.06 Å². The highest BCUT2D eigenvalue weighted by Crippen LogP contribution is 2.13. The highest BCUT2D eigenvalue weighted by molar-refractivity contribution is 5.78. The predicted molar refractivity (Wildman–Crippen MR) is 31.4 cm³/mol. The zero-order chi connectivity index (χ0) is 7.56. The third-order valence-corrected chi connectivity index (χ3v) is 1.44. The Morgan fingerprint density at radius 2 is 2.30 bits per heavy atom. The highest BCUT2D eigenvalue weighted by Gasteiger charge is 2.32. The largest absolute Gasteiger partial charge is 0.371 e. The van der Waals surface area contributed by atoms with Crippen LogP contribution < -0.4 is 5.73 Å². The first-order valence-electron chi connectivity index (χ1n) is 2.88. The van der Waals surface area contributed by atoms with E-state index in [9.17, 15) is 9.59 Å². The Bertz CT molecular complexity index is 153. The van der Waals surface area contributed by atoms with Crippen LogP contribution in [0, 0.1) is 5.92 Å². The molecule has 1 heterocycles. The standard InChI is InChI=1S/C5H8N2O3/c6-5(9)4-1-7(2-4)10-3-8/h3-4H,1-2H2,(H2,6,9). The van der Waals surface area contributed by atoms with Crippen LogP contribution in [0.3, 0.4) is 0 Å². The Morgan fingerprint density at radius 1 is 1.70 bits per heavy atom. The Balaban J connectivity index is 2.17. The van der Waals surface area contributed by atoms with Gasteiger partial charge in [0, 0.05) is 13.1 Å². The van der Waals surface area contributed by atoms with E-state index in [0.717, 1.165) is 0 Å². The maximum absolute atomic E-state index is 10.4. The van der Waals surface area contributed by atoms with Crippen molar-refractivity contribution in [1.82, 2.24) is 5.06 Å². The van der Waals surface area contributed by atoms with Crippen molar-refractivity contribution in [2.75, 3.05) is 13.1 Å². The van der Waals surface area contributed by atoms with Gasteiger partial charge in [-0.3, -0.25) is 9.59 Å². The average molecular weight is 144 g/mol. The number of rotatable bonds is 3. The monoisotopic (exact) mass is 144 g/mol. The molecule has 2 N–H and O–H groups in total. The Kier molecular flexibility index (Phi) is 1.86. The third-order valence-electron chi connectivity index (χ3n) is 1.44. The Labute approximate surface area is 57.7 Å². The molecule has 0 atom stereocenters. The van der Waals surface area contributed by atoms with Crippen LogP contribution in [0.1, 0.15) is 0 Å². The molecule has 0 bridgehead atoms. The van der Waals surface area contributed by atoms with E-state index in [1.165, 1.54) is 5.06 Å². The molecule has 5 nitrogen and oxygen atoms in total. The number of hydrogen-bond acceptors (Lipinski definition) is 4. The van der Waals surface area contributed by atoms with E-state index in [0.29, 0.717) is 19.6 Å². The third kappa shape index (κ3) is 1.24. The van der Waals surface area contributed by atoms with E-state index >= 15 is 0 Å². The van der Waals surface area contributed by atoms with Gasteiger partial charge >= 0.3 is 6.47 Å². The fourth-order valence-electron chi connectivity index (χ4n) is 0.765. The first-order valence-corrected chi connectivity index (χ1v) is 2.88. The SMILES string of the molecule is NC(=O)C1CN(OC=O)C1. The zero-order valence-corrected chi connectivity index (χ0v) is 5.32. The zero-order valence-electron chi connectivity index (χ0n) is 5.32. The van der Waals surface area contributed by atoms with Crippen molar-refractivity contribution in [2.24, 2.45) is 11.7 Å². The molecule has 1 amide bonds. The molecule has 1 fully saturated rings. The van der Waals surface area contributed by atoms with E-state index in [1.807, 2.05) is 0 Å². The summed E-state index contributed by atoms with van der Waals surface area (Å²) in [5.41, 5.74) is 4.95. The van der Waals surface area contributed by atoms with Crippen LogP contribution in [0.5, 0.6) is 0 Å². The van der Waals surface area contributed by atoms with Crippen LogP contribution in [0.25, 0.3) is 0 Å². The molecule has 0 saturated carbocycles. The van der Waals surface area contributed by atoms with Gasteiger partial charge in [0.2, 0.25) is 5.91 Å². The van der Waals surface area contributed by atoms with E-state index in [1.54, 1.807) is 0 Å². The van der Waals surface area contributed by atoms with Crippen LogP contribution in [0.2, 0.25) is 0 Å². The Hall–Kier alpha value is -1.10. The second-order valence-corrected chi connectivity index (χ2v) is 2.15. The van der Waals surface area contributed by atoms with E-state index in [4.69, 9.17) is 5.73 Å². The van der Waals surface area contributed by atoms with Gasteiger partial charge in [-0.05, 0) is 0 Å². The molecule has 56 valence electrons. The van der Waals surface area contributed by atoms with Gasteiger partial charge in [0.25, 0.3) is 0 Å². The van der Waals surface area contributed by atoms with E-state index in [2.05, 4.69) is 4.84 Å². The summed E-state index contributed by atoms with van der Waals surface area (Å²) in [5, 5.41) is 1.38. The van der Waals surface area contributed by atoms with Crippen molar-refractivity contribution in [3.8, 4) is 0 Å². The van der Waals surface area contributed by atoms with Crippen molar-refractivity contribution >= 4 is 12.4 Å². The van der Waals surface area contributed by atoms with E-state index in [-0.39, 0.29) is 11.8 Å². The molecule has 1 aliphatic heterocycles. The topological polar surface area (TPSA) is 72.6 Å². The van der Waals surface area contributed by atoms with Gasteiger partial charge in [-0.2, -0.15) is 0 Å². The fraction of sp³-hybridized carbons (Fsp3) is 0.600. The lowest BCUT2D eigenvalue weighted by Gasteiger charge is -2.33. The molecule has 10 heavy (non-hydrogen) atoms. The van der Waals surface area contributed by atoms with Crippen molar-refractivity contribution < 1.29 is 14.4 Å². The second-order valence-electron chi connectivity index (χ2n) is 2.15. The molecular weight excluding hydrogens is 136 g/mol. The first-order chi connectivity index (χ1) is 4.74. The first kappa shape index (κ1) is 7.01. The van der Waals surface area contributed by atoms with Crippen molar-refractivity contribution in [3.63, 3.8) is 0 Å². The molecule has 0 aromatic rings. The number of primary amides is 1. The highest BCUT2D eigenvalue weighted by atomic mass is 16.7. The normalized spacial score (nSPS) is 19.6. The molecule has 0 unspecified atom stereocenters. The van der Waals surface area contributed by atoms with Crippen molar-refractivity contribution in [3.05, 3.63) is 0 Å². The minimum Gasteiger partial charge on any atom is -0.371 e. The number of carbonyl (C=O) groups is 2. The molecule has 1 saturated heterocycles. The molecule has 1 aliphatic rings. The summed E-state index contributed by atoms with van der Waals surface area (Å²) in [5.74, 6) is -0.495. The minimum absolute atomic E-state index is 0.153. The fourth-order valence-corrected chi connectivity index (χ4v) is 0.765. The summed E-state index contributed by atoms with van der Waals surface area (Å²) in [4.78, 5) is 24.5. The predicted octanol–water partition coefficient (Wildman–Crippen LogP) is -1.51. The van der Waals surface area contributed by atoms with Crippen LogP contribution >= 0.6 is 0 Å². The van der Waals surface area contributed by atoms with E-state index < -0.39 is 0 Å². The lowest BCUT2D eigenvalue weighted by Crippen LogP contribution is -2.51. The van der Waals surface area contributed by atoms with Crippen LogP contribution in [0.4, 0.5) is 0 Å². The molecule has 0 aromatic carbocycles. The summed E-state index contributed by atoms with van der Waals surface area (Å²) in [6, 6.07) is 0. The Morgan fingerprint density at radius 3 is 2.70 bits per heavy atom. The molecule has 0 aliphatic carbocycles. The summed E-state index contributed by atoms with van der Waals surface area (Å²) in [6.45, 7) is 1.18. The van der Waals surface area contributed by atoms with Gasteiger partial charge in [0.1, 0.15) is 0 Å². The molecule has 5 heteroatoms. The molecule has 0 aromatic heterocycles. The summed E-state index contributed by atoms with van der Waals surface area (Å²) in [6.07, 6.45) is 0. The molecular formula is C5H8N2O3. The maximum Gasteiger partial charge on any atom is 0.312 e. The van der Waals surface area contributed by atoms with Gasteiger partial charge in [0.15, 0.2) is 0 Å². The summed E-state index contributed by atoms with van der Waals surface area (Å²) in [7, 11) is 0. The lowest BCUT2D eigenvalue weighted by molar-refractivity contribution is -0.205.